The maximum absolute atomic E-state index is 13.4. The minimum atomic E-state index is -4.62. The normalized spacial score (nSPS) is 14.5. The first-order valence-corrected chi connectivity index (χ1v) is 11.6. The van der Waals surface area contributed by atoms with Crippen LogP contribution in [0.4, 0.5) is 13.2 Å². The van der Waals surface area contributed by atoms with Crippen molar-refractivity contribution in [3.63, 3.8) is 0 Å². The molecule has 6 nitrogen and oxygen atoms in total. The number of ether oxygens (including phenoxy) is 1. The van der Waals surface area contributed by atoms with Crippen molar-refractivity contribution in [3.8, 4) is 11.4 Å². The molecule has 1 amide bonds. The number of halogens is 3. The predicted octanol–water partition coefficient (Wildman–Crippen LogP) is 4.23. The van der Waals surface area contributed by atoms with Crippen LogP contribution in [0.2, 0.25) is 0 Å². The molecule has 4 rings (SSSR count). The van der Waals surface area contributed by atoms with Gasteiger partial charge in [-0.3, -0.25) is 14.2 Å². The fraction of sp³-hybridized carbons (Fsp3) is 0.250. The number of aromatic nitrogens is 1. The molecular formula is C24H21F3N2O4S. The molecule has 0 aliphatic heterocycles. The molecule has 34 heavy (non-hydrogen) atoms. The Morgan fingerprint density at radius 3 is 2.38 bits per heavy atom. The Morgan fingerprint density at radius 1 is 1.12 bits per heavy atom. The highest BCUT2D eigenvalue weighted by Gasteiger charge is 2.31. The first-order valence-electron chi connectivity index (χ1n) is 10.4. The van der Waals surface area contributed by atoms with Gasteiger partial charge in [0.1, 0.15) is 11.3 Å². The highest BCUT2D eigenvalue weighted by molar-refractivity contribution is 7.85. The van der Waals surface area contributed by atoms with Crippen LogP contribution in [0.3, 0.4) is 0 Å². The maximum atomic E-state index is 13.4. The van der Waals surface area contributed by atoms with E-state index in [1.807, 2.05) is 0 Å². The molecule has 1 aliphatic carbocycles. The van der Waals surface area contributed by atoms with Gasteiger partial charge in [-0.25, -0.2) is 4.21 Å². The number of rotatable bonds is 6. The van der Waals surface area contributed by atoms with Gasteiger partial charge in [0.05, 0.1) is 28.4 Å². The molecule has 3 aromatic rings. The smallest absolute Gasteiger partial charge is 0.416 e. The van der Waals surface area contributed by atoms with Crippen LogP contribution in [0.5, 0.6) is 5.75 Å². The van der Waals surface area contributed by atoms with Crippen molar-refractivity contribution < 1.29 is 26.9 Å². The molecule has 1 heterocycles. The summed E-state index contributed by atoms with van der Waals surface area (Å²) in [6.07, 6.45) is -3.06. The van der Waals surface area contributed by atoms with Gasteiger partial charge in [0.15, 0.2) is 0 Å². The number of carbonyl (C=O) groups excluding carboxylic acids is 1. The van der Waals surface area contributed by atoms with Gasteiger partial charge in [0.2, 0.25) is 0 Å². The highest BCUT2D eigenvalue weighted by Crippen LogP contribution is 2.31. The lowest BCUT2D eigenvalue weighted by Gasteiger charge is -2.18. The number of hydrogen-bond donors (Lipinski definition) is 1. The zero-order valence-electron chi connectivity index (χ0n) is 18.3. The molecule has 0 spiro atoms. The standard InChI is InChI=1S/C24H21F3N2O4S/c1-14-21(34(32)19-10-8-18(33-2)9-11-19)13-20(22(30)28-16-6-7-16)23(31)29(14)17-5-3-4-15(12-17)24(25,26)27/h3-5,8-13,16H,6-7H2,1-2H3,(H,28,30). The fourth-order valence-corrected chi connectivity index (χ4v) is 4.70. The van der Waals surface area contributed by atoms with Crippen LogP contribution in [0, 0.1) is 6.92 Å². The van der Waals surface area contributed by atoms with E-state index in [1.165, 1.54) is 32.2 Å². The quantitative estimate of drug-likeness (QED) is 0.561. The molecular weight excluding hydrogens is 469 g/mol. The largest absolute Gasteiger partial charge is 0.497 e. The first kappa shape index (κ1) is 23.7. The summed E-state index contributed by atoms with van der Waals surface area (Å²) in [5.41, 5.74) is -1.92. The summed E-state index contributed by atoms with van der Waals surface area (Å²) in [7, 11) is -0.333. The summed E-state index contributed by atoms with van der Waals surface area (Å²) in [5, 5.41) is 2.72. The van der Waals surface area contributed by atoms with Crippen LogP contribution in [-0.4, -0.2) is 27.8 Å². The van der Waals surface area contributed by atoms with E-state index >= 15 is 0 Å². The molecule has 0 bridgehead atoms. The van der Waals surface area contributed by atoms with Gasteiger partial charge in [-0.2, -0.15) is 13.2 Å². The van der Waals surface area contributed by atoms with Crippen molar-refractivity contribution in [1.29, 1.82) is 0 Å². The van der Waals surface area contributed by atoms with Crippen LogP contribution in [0.1, 0.15) is 34.5 Å². The van der Waals surface area contributed by atoms with E-state index in [-0.39, 0.29) is 27.9 Å². The van der Waals surface area contributed by atoms with Crippen molar-refractivity contribution in [2.45, 2.75) is 41.8 Å². The van der Waals surface area contributed by atoms with Gasteiger partial charge < -0.3 is 10.1 Å². The van der Waals surface area contributed by atoms with Crippen molar-refractivity contribution in [3.05, 3.63) is 81.8 Å². The predicted molar refractivity (Wildman–Crippen MR) is 120 cm³/mol. The third kappa shape index (κ3) is 4.77. The zero-order valence-corrected chi connectivity index (χ0v) is 19.1. The topological polar surface area (TPSA) is 77.4 Å². The minimum Gasteiger partial charge on any atom is -0.497 e. The lowest BCUT2D eigenvalue weighted by molar-refractivity contribution is -0.137. The number of carbonyl (C=O) groups is 1. The Morgan fingerprint density at radius 2 is 1.79 bits per heavy atom. The van der Waals surface area contributed by atoms with Gasteiger partial charge in [-0.15, -0.1) is 0 Å². The van der Waals surface area contributed by atoms with E-state index in [0.717, 1.165) is 29.5 Å². The van der Waals surface area contributed by atoms with Crippen molar-refractivity contribution in [2.24, 2.45) is 0 Å². The number of alkyl halides is 3. The van der Waals surface area contributed by atoms with Crippen molar-refractivity contribution in [1.82, 2.24) is 9.88 Å². The molecule has 1 N–H and O–H groups in total. The molecule has 2 aromatic carbocycles. The summed E-state index contributed by atoms with van der Waals surface area (Å²) in [6, 6.07) is 11.9. The average molecular weight is 491 g/mol. The number of methoxy groups -OCH3 is 1. The van der Waals surface area contributed by atoms with Crippen LogP contribution in [0.25, 0.3) is 5.69 Å². The molecule has 0 saturated heterocycles. The van der Waals surface area contributed by atoms with Gasteiger partial charge in [-0.05, 0) is 68.3 Å². The summed E-state index contributed by atoms with van der Waals surface area (Å²) in [4.78, 5) is 26.6. The number of pyridine rings is 1. The fourth-order valence-electron chi connectivity index (χ4n) is 3.48. The first-order chi connectivity index (χ1) is 16.1. The lowest BCUT2D eigenvalue weighted by atomic mass is 10.1. The number of benzene rings is 2. The Hall–Kier alpha value is -3.40. The summed E-state index contributed by atoms with van der Waals surface area (Å²) < 4.78 is 59.5. The van der Waals surface area contributed by atoms with Crippen molar-refractivity contribution in [2.75, 3.05) is 7.11 Å². The highest BCUT2D eigenvalue weighted by atomic mass is 32.2. The summed E-state index contributed by atoms with van der Waals surface area (Å²) in [6.45, 7) is 1.49. The van der Waals surface area contributed by atoms with Crippen molar-refractivity contribution >= 4 is 16.7 Å². The third-order valence-corrected chi connectivity index (χ3v) is 6.98. The number of nitrogens with zero attached hydrogens (tertiary/aromatic N) is 1. The van der Waals surface area contributed by atoms with Crippen LogP contribution >= 0.6 is 0 Å². The molecule has 1 saturated carbocycles. The van der Waals surface area contributed by atoms with E-state index < -0.39 is 34.0 Å². The molecule has 1 unspecified atom stereocenters. The Bertz CT molecular complexity index is 1330. The minimum absolute atomic E-state index is 0.0502. The SMILES string of the molecule is COc1ccc(S(=O)c2cc(C(=O)NC3CC3)c(=O)n(-c3cccc(C(F)(F)F)c3)c2C)cc1. The lowest BCUT2D eigenvalue weighted by Crippen LogP contribution is -2.35. The number of hydrogen-bond acceptors (Lipinski definition) is 4. The molecule has 178 valence electrons. The number of amides is 1. The van der Waals surface area contributed by atoms with E-state index in [4.69, 9.17) is 4.74 Å². The maximum Gasteiger partial charge on any atom is 0.416 e. The molecule has 1 fully saturated rings. The van der Waals surface area contributed by atoms with E-state index in [0.29, 0.717) is 10.6 Å². The molecule has 10 heteroatoms. The van der Waals surface area contributed by atoms with Gasteiger partial charge in [0.25, 0.3) is 11.5 Å². The average Bonchev–Trinajstić information content (AvgIpc) is 3.62. The van der Waals surface area contributed by atoms with Gasteiger partial charge in [0, 0.05) is 22.3 Å². The molecule has 1 aromatic heterocycles. The van der Waals surface area contributed by atoms with Crippen LogP contribution in [-0.2, 0) is 17.0 Å². The second kappa shape index (κ2) is 9.09. The second-order valence-electron chi connectivity index (χ2n) is 7.89. The van der Waals surface area contributed by atoms with E-state index in [9.17, 15) is 27.0 Å². The third-order valence-electron chi connectivity index (χ3n) is 5.46. The number of nitrogens with one attached hydrogen (secondary N) is 1. The molecule has 1 aliphatic rings. The monoisotopic (exact) mass is 490 g/mol. The van der Waals surface area contributed by atoms with E-state index in [1.54, 1.807) is 24.3 Å². The Labute approximate surface area is 195 Å². The second-order valence-corrected chi connectivity index (χ2v) is 9.34. The van der Waals surface area contributed by atoms with Crippen LogP contribution in [0.15, 0.2) is 69.2 Å². The van der Waals surface area contributed by atoms with Gasteiger partial charge >= 0.3 is 6.18 Å². The Kier molecular flexibility index (Phi) is 6.35. The molecule has 0 radical (unpaired) electrons. The van der Waals surface area contributed by atoms with E-state index in [2.05, 4.69) is 5.32 Å². The zero-order chi connectivity index (χ0) is 24.6. The summed E-state index contributed by atoms with van der Waals surface area (Å²) >= 11 is 0. The van der Waals surface area contributed by atoms with Gasteiger partial charge in [-0.1, -0.05) is 6.07 Å². The Balaban J connectivity index is 1.90. The molecule has 1 atom stereocenters. The van der Waals surface area contributed by atoms with Crippen LogP contribution < -0.4 is 15.6 Å². The summed E-state index contributed by atoms with van der Waals surface area (Å²) in [5.74, 6) is -0.0999.